The molecule has 3 aromatic rings. The van der Waals surface area contributed by atoms with Crippen LogP contribution < -0.4 is 5.32 Å². The molecule has 2 aromatic carbocycles. The summed E-state index contributed by atoms with van der Waals surface area (Å²) >= 11 is 1.44. The lowest BCUT2D eigenvalue weighted by atomic mass is 9.95. The number of nitrogens with one attached hydrogen (secondary N) is 1. The molecule has 4 nitrogen and oxygen atoms in total. The van der Waals surface area contributed by atoms with Crippen LogP contribution in [0.3, 0.4) is 0 Å². The number of aryl methyl sites for hydroxylation is 3. The van der Waals surface area contributed by atoms with E-state index in [0.717, 1.165) is 33.6 Å². The molecular formula is C27H29NO3S. The van der Waals surface area contributed by atoms with Gasteiger partial charge in [-0.25, -0.2) is 4.79 Å². The van der Waals surface area contributed by atoms with E-state index in [0.29, 0.717) is 10.6 Å². The molecule has 1 saturated carbocycles. The van der Waals surface area contributed by atoms with Gasteiger partial charge in [0.15, 0.2) is 0 Å². The Bertz CT molecular complexity index is 1160. The molecule has 0 bridgehead atoms. The molecule has 0 aliphatic heterocycles. The number of hydrogen-bond acceptors (Lipinski definition) is 4. The lowest BCUT2D eigenvalue weighted by molar-refractivity contribution is -0.117. The molecule has 1 aromatic heterocycles. The van der Waals surface area contributed by atoms with Crippen molar-refractivity contribution in [1.82, 2.24) is 0 Å². The Balaban J connectivity index is 1.68. The lowest BCUT2D eigenvalue weighted by Crippen LogP contribution is -2.18. The third-order valence-corrected chi connectivity index (χ3v) is 6.91. The largest absolute Gasteiger partial charge is 0.459 e. The standard InChI is InChI=1S/C27H29NO3S/c1-15(2)31-27(30)24-23(20-13-16(3)11-12-17(20)4)18(5)32-26(24)28-25(29)22-14-21(22)19-9-7-6-8-10-19/h6-13,15,21-22H,14H2,1-5H3,(H,28,29). The molecule has 166 valence electrons. The molecule has 1 amide bonds. The number of carbonyl (C=O) groups excluding carboxylic acids is 2. The summed E-state index contributed by atoms with van der Waals surface area (Å²) in [5, 5.41) is 3.65. The summed E-state index contributed by atoms with van der Waals surface area (Å²) in [5.41, 5.74) is 5.70. The highest BCUT2D eigenvalue weighted by molar-refractivity contribution is 7.17. The van der Waals surface area contributed by atoms with Crippen LogP contribution in [0.15, 0.2) is 48.5 Å². The molecule has 1 aliphatic carbocycles. The number of rotatable bonds is 6. The smallest absolute Gasteiger partial charge is 0.342 e. The maximum atomic E-state index is 13.2. The fourth-order valence-electron chi connectivity index (χ4n) is 4.19. The van der Waals surface area contributed by atoms with E-state index in [2.05, 4.69) is 35.6 Å². The predicted molar refractivity (Wildman–Crippen MR) is 130 cm³/mol. The van der Waals surface area contributed by atoms with Crippen molar-refractivity contribution in [3.63, 3.8) is 0 Å². The number of thiophene rings is 1. The van der Waals surface area contributed by atoms with Gasteiger partial charge in [0, 0.05) is 16.4 Å². The number of carbonyl (C=O) groups is 2. The number of hydrogen-bond donors (Lipinski definition) is 1. The maximum absolute atomic E-state index is 13.2. The van der Waals surface area contributed by atoms with Gasteiger partial charge in [-0.15, -0.1) is 11.3 Å². The van der Waals surface area contributed by atoms with E-state index in [1.165, 1.54) is 16.9 Å². The SMILES string of the molecule is Cc1ccc(C)c(-c2c(C)sc(NC(=O)C3CC3c3ccccc3)c2C(=O)OC(C)C)c1. The summed E-state index contributed by atoms with van der Waals surface area (Å²) in [7, 11) is 0. The summed E-state index contributed by atoms with van der Waals surface area (Å²) < 4.78 is 5.59. The molecule has 1 aliphatic rings. The average Bonchev–Trinajstić information content (AvgIpc) is 3.48. The van der Waals surface area contributed by atoms with E-state index >= 15 is 0 Å². The van der Waals surface area contributed by atoms with Crippen molar-refractivity contribution < 1.29 is 14.3 Å². The fourth-order valence-corrected chi connectivity index (χ4v) is 5.25. The summed E-state index contributed by atoms with van der Waals surface area (Å²) in [5.74, 6) is -0.267. The van der Waals surface area contributed by atoms with Crippen LogP contribution >= 0.6 is 11.3 Å². The minimum Gasteiger partial charge on any atom is -0.459 e. The molecule has 0 saturated heterocycles. The van der Waals surface area contributed by atoms with Crippen molar-refractivity contribution in [2.75, 3.05) is 5.32 Å². The number of anilines is 1. The molecular weight excluding hydrogens is 418 g/mol. The Labute approximate surface area is 193 Å². The summed E-state index contributed by atoms with van der Waals surface area (Å²) in [6.07, 6.45) is 0.583. The molecule has 1 N–H and O–H groups in total. The minimum atomic E-state index is -0.397. The molecule has 2 unspecified atom stereocenters. The second-order valence-corrected chi connectivity index (χ2v) is 10.1. The quantitative estimate of drug-likeness (QED) is 0.431. The first kappa shape index (κ1) is 22.3. The number of amides is 1. The van der Waals surface area contributed by atoms with Crippen LogP contribution in [0.5, 0.6) is 0 Å². The molecule has 32 heavy (non-hydrogen) atoms. The number of benzene rings is 2. The highest BCUT2D eigenvalue weighted by atomic mass is 32.1. The topological polar surface area (TPSA) is 55.4 Å². The third kappa shape index (κ3) is 4.49. The van der Waals surface area contributed by atoms with E-state index in [1.807, 2.05) is 52.8 Å². The van der Waals surface area contributed by atoms with Gasteiger partial charge in [0.25, 0.3) is 0 Å². The monoisotopic (exact) mass is 447 g/mol. The van der Waals surface area contributed by atoms with E-state index in [-0.39, 0.29) is 23.8 Å². The van der Waals surface area contributed by atoms with E-state index < -0.39 is 5.97 Å². The maximum Gasteiger partial charge on any atom is 0.342 e. The Morgan fingerprint density at radius 3 is 2.47 bits per heavy atom. The molecule has 4 rings (SSSR count). The Morgan fingerprint density at radius 2 is 1.78 bits per heavy atom. The number of ether oxygens (including phenoxy) is 1. The van der Waals surface area contributed by atoms with Crippen LogP contribution in [0, 0.1) is 26.7 Å². The average molecular weight is 448 g/mol. The van der Waals surface area contributed by atoms with Crippen molar-refractivity contribution >= 4 is 28.2 Å². The second-order valence-electron chi connectivity index (χ2n) is 8.86. The zero-order chi connectivity index (χ0) is 23.0. The zero-order valence-corrected chi connectivity index (χ0v) is 20.0. The van der Waals surface area contributed by atoms with Gasteiger partial charge < -0.3 is 10.1 Å². The van der Waals surface area contributed by atoms with Crippen molar-refractivity contribution in [3.8, 4) is 11.1 Å². The van der Waals surface area contributed by atoms with Gasteiger partial charge in [0.1, 0.15) is 10.6 Å². The minimum absolute atomic E-state index is 0.0359. The highest BCUT2D eigenvalue weighted by Gasteiger charge is 2.44. The van der Waals surface area contributed by atoms with Gasteiger partial charge in [-0.3, -0.25) is 4.79 Å². The van der Waals surface area contributed by atoms with Crippen LogP contribution in [0.4, 0.5) is 5.00 Å². The summed E-state index contributed by atoms with van der Waals surface area (Å²) in [4.78, 5) is 27.2. The van der Waals surface area contributed by atoms with E-state index in [4.69, 9.17) is 4.74 Å². The van der Waals surface area contributed by atoms with Gasteiger partial charge in [-0.2, -0.15) is 0 Å². The first-order valence-electron chi connectivity index (χ1n) is 11.0. The van der Waals surface area contributed by atoms with Crippen molar-refractivity contribution in [1.29, 1.82) is 0 Å². The molecule has 1 fully saturated rings. The molecule has 1 heterocycles. The molecule has 2 atom stereocenters. The van der Waals surface area contributed by atoms with Crippen LogP contribution in [-0.4, -0.2) is 18.0 Å². The lowest BCUT2D eigenvalue weighted by Gasteiger charge is -2.13. The number of esters is 1. The summed E-state index contributed by atoms with van der Waals surface area (Å²) in [6.45, 7) is 9.74. The van der Waals surface area contributed by atoms with Crippen LogP contribution in [0.25, 0.3) is 11.1 Å². The third-order valence-electron chi connectivity index (χ3n) is 5.89. The van der Waals surface area contributed by atoms with Gasteiger partial charge in [0.05, 0.1) is 6.10 Å². The Kier molecular flexibility index (Phi) is 6.20. The first-order chi connectivity index (χ1) is 15.3. The van der Waals surface area contributed by atoms with Gasteiger partial charge in [-0.1, -0.05) is 54.1 Å². The fraction of sp³-hybridized carbons (Fsp3) is 0.333. The van der Waals surface area contributed by atoms with Crippen LogP contribution in [0.2, 0.25) is 0 Å². The van der Waals surface area contributed by atoms with Crippen molar-refractivity contribution in [3.05, 3.63) is 75.7 Å². The van der Waals surface area contributed by atoms with E-state index in [9.17, 15) is 9.59 Å². The van der Waals surface area contributed by atoms with Gasteiger partial charge in [0.2, 0.25) is 5.91 Å². The van der Waals surface area contributed by atoms with Crippen LogP contribution in [0.1, 0.15) is 58.1 Å². The Morgan fingerprint density at radius 1 is 1.06 bits per heavy atom. The first-order valence-corrected chi connectivity index (χ1v) is 11.9. The predicted octanol–water partition coefficient (Wildman–Crippen LogP) is 6.65. The molecule has 5 heteroatoms. The van der Waals surface area contributed by atoms with E-state index in [1.54, 1.807) is 0 Å². The van der Waals surface area contributed by atoms with Crippen molar-refractivity contribution in [2.24, 2.45) is 5.92 Å². The van der Waals surface area contributed by atoms with Crippen LogP contribution in [-0.2, 0) is 9.53 Å². The summed E-state index contributed by atoms with van der Waals surface area (Å²) in [6, 6.07) is 16.3. The Hall–Kier alpha value is -2.92. The normalized spacial score (nSPS) is 17.3. The van der Waals surface area contributed by atoms with Gasteiger partial charge in [-0.05, 0) is 63.6 Å². The highest BCUT2D eigenvalue weighted by Crippen LogP contribution is 2.49. The van der Waals surface area contributed by atoms with Gasteiger partial charge >= 0.3 is 5.97 Å². The zero-order valence-electron chi connectivity index (χ0n) is 19.2. The molecule has 0 spiro atoms. The van der Waals surface area contributed by atoms with Crippen molar-refractivity contribution in [2.45, 2.75) is 53.1 Å². The second kappa shape index (κ2) is 8.91. The molecule has 0 radical (unpaired) electrons.